The Morgan fingerprint density at radius 3 is 2.50 bits per heavy atom. The fourth-order valence-corrected chi connectivity index (χ4v) is 1.78. The molecular weight excluding hydrogens is 202 g/mol. The van der Waals surface area contributed by atoms with E-state index in [2.05, 4.69) is 10.2 Å². The van der Waals surface area contributed by atoms with Crippen molar-refractivity contribution < 1.29 is 5.11 Å². The summed E-state index contributed by atoms with van der Waals surface area (Å²) < 4.78 is 0. The predicted octanol–water partition coefficient (Wildman–Crippen LogP) is 1.59. The largest absolute Gasteiger partial charge is 0.386 e. The topological polar surface area (TPSA) is 50.9 Å². The maximum atomic E-state index is 9.83. The number of rotatable bonds is 1. The number of aliphatic hydroxyl groups is 1. The third kappa shape index (κ3) is 1.44. The zero-order valence-electron chi connectivity index (χ0n) is 8.61. The van der Waals surface area contributed by atoms with Gasteiger partial charge in [0.25, 0.3) is 0 Å². The first kappa shape index (κ1) is 9.30. The minimum atomic E-state index is -0.521. The lowest BCUT2D eigenvalue weighted by Crippen LogP contribution is -2.17. The minimum absolute atomic E-state index is 0.521. The summed E-state index contributed by atoms with van der Waals surface area (Å²) in [7, 11) is 0. The quantitative estimate of drug-likeness (QED) is 0.782. The molecule has 4 heteroatoms. The molecule has 1 aliphatic rings. The fraction of sp³-hybridized carbons (Fsp3) is 0.167. The van der Waals surface area contributed by atoms with Crippen molar-refractivity contribution in [2.24, 2.45) is 0 Å². The van der Waals surface area contributed by atoms with Crippen LogP contribution in [0.15, 0.2) is 42.5 Å². The summed E-state index contributed by atoms with van der Waals surface area (Å²) in [6.45, 7) is 0. The molecule has 80 valence electrons. The Kier molecular flexibility index (Phi) is 2.08. The maximum Gasteiger partial charge on any atom is 0.113 e. The van der Waals surface area contributed by atoms with Gasteiger partial charge in [-0.1, -0.05) is 24.3 Å². The van der Waals surface area contributed by atoms with E-state index in [9.17, 15) is 5.11 Å². The number of hydrogen-bond acceptors (Lipinski definition) is 3. The Morgan fingerprint density at radius 2 is 1.88 bits per heavy atom. The number of nitrogens with zero attached hydrogens (tertiary/aromatic N) is 3. The van der Waals surface area contributed by atoms with Crippen LogP contribution < -0.4 is 0 Å². The molecule has 0 radical (unpaired) electrons. The standard InChI is InChI=1S/C12H11N3O/c16-12-8-4-3-7-11(12)15-13-9-5-1-2-6-10(9)14-15/h1-7,12,16H,8H2. The Morgan fingerprint density at radius 1 is 1.19 bits per heavy atom. The van der Waals surface area contributed by atoms with Crippen LogP contribution in [0, 0.1) is 0 Å². The molecule has 16 heavy (non-hydrogen) atoms. The van der Waals surface area contributed by atoms with Crippen molar-refractivity contribution >= 4 is 16.7 Å². The number of aliphatic hydroxyl groups excluding tert-OH is 1. The smallest absolute Gasteiger partial charge is 0.113 e. The van der Waals surface area contributed by atoms with Crippen LogP contribution in [0.1, 0.15) is 6.42 Å². The Hall–Kier alpha value is -1.94. The minimum Gasteiger partial charge on any atom is -0.386 e. The monoisotopic (exact) mass is 213 g/mol. The highest BCUT2D eigenvalue weighted by Gasteiger charge is 2.16. The van der Waals surface area contributed by atoms with Crippen LogP contribution in [-0.2, 0) is 0 Å². The molecule has 1 unspecified atom stereocenters. The normalized spacial score (nSPS) is 20.1. The first-order valence-corrected chi connectivity index (χ1v) is 5.22. The molecule has 0 amide bonds. The third-order valence-electron chi connectivity index (χ3n) is 2.62. The second kappa shape index (κ2) is 3.57. The molecule has 0 spiro atoms. The van der Waals surface area contributed by atoms with Gasteiger partial charge in [0.2, 0.25) is 0 Å². The Labute approximate surface area is 92.5 Å². The number of fused-ring (bicyclic) bond motifs is 1. The molecule has 2 aromatic rings. The van der Waals surface area contributed by atoms with Crippen molar-refractivity contribution in [3.63, 3.8) is 0 Å². The molecule has 3 rings (SSSR count). The van der Waals surface area contributed by atoms with Crippen molar-refractivity contribution in [2.45, 2.75) is 12.5 Å². The molecule has 0 saturated heterocycles. The number of hydrogen-bond donors (Lipinski definition) is 1. The SMILES string of the molecule is OC1CC=CC=C1n1nc2ccccc2n1. The molecule has 1 N–H and O–H groups in total. The van der Waals surface area contributed by atoms with Gasteiger partial charge in [0.15, 0.2) is 0 Å². The van der Waals surface area contributed by atoms with Crippen molar-refractivity contribution in [1.82, 2.24) is 15.0 Å². The van der Waals surface area contributed by atoms with Crippen LogP contribution in [0.5, 0.6) is 0 Å². The van der Waals surface area contributed by atoms with Gasteiger partial charge in [-0.15, -0.1) is 10.2 Å². The first-order chi connectivity index (χ1) is 7.84. The van der Waals surface area contributed by atoms with Crippen LogP contribution >= 0.6 is 0 Å². The molecule has 0 aliphatic heterocycles. The van der Waals surface area contributed by atoms with E-state index in [0.717, 1.165) is 16.7 Å². The van der Waals surface area contributed by atoms with E-state index in [1.165, 1.54) is 4.80 Å². The predicted molar refractivity (Wildman–Crippen MR) is 61.6 cm³/mol. The summed E-state index contributed by atoms with van der Waals surface area (Å²) >= 11 is 0. The van der Waals surface area contributed by atoms with E-state index in [0.29, 0.717) is 6.42 Å². The Balaban J connectivity index is 2.12. The van der Waals surface area contributed by atoms with Gasteiger partial charge in [-0.05, 0) is 24.6 Å². The fourth-order valence-electron chi connectivity index (χ4n) is 1.78. The summed E-state index contributed by atoms with van der Waals surface area (Å²) in [4.78, 5) is 1.51. The highest BCUT2D eigenvalue weighted by atomic mass is 16.3. The van der Waals surface area contributed by atoms with Crippen molar-refractivity contribution in [1.29, 1.82) is 0 Å². The average molecular weight is 213 g/mol. The van der Waals surface area contributed by atoms with E-state index >= 15 is 0 Å². The molecule has 1 aliphatic carbocycles. The van der Waals surface area contributed by atoms with Crippen molar-refractivity contribution in [3.8, 4) is 0 Å². The first-order valence-electron chi connectivity index (χ1n) is 5.22. The highest BCUT2D eigenvalue weighted by molar-refractivity contribution is 5.74. The lowest BCUT2D eigenvalue weighted by atomic mass is 10.1. The summed E-state index contributed by atoms with van der Waals surface area (Å²) in [5, 5.41) is 18.5. The number of allylic oxidation sites excluding steroid dienone is 2. The van der Waals surface area contributed by atoms with E-state index < -0.39 is 6.10 Å². The van der Waals surface area contributed by atoms with E-state index in [-0.39, 0.29) is 0 Å². The molecule has 1 aromatic heterocycles. The molecule has 1 aromatic carbocycles. The van der Waals surface area contributed by atoms with Crippen LogP contribution in [0.25, 0.3) is 16.7 Å². The van der Waals surface area contributed by atoms with Crippen molar-refractivity contribution in [3.05, 3.63) is 42.5 Å². The summed E-state index contributed by atoms with van der Waals surface area (Å²) in [5.41, 5.74) is 2.40. The summed E-state index contributed by atoms with van der Waals surface area (Å²) in [5.74, 6) is 0. The third-order valence-corrected chi connectivity index (χ3v) is 2.62. The van der Waals surface area contributed by atoms with E-state index in [4.69, 9.17) is 0 Å². The van der Waals surface area contributed by atoms with E-state index in [1.54, 1.807) is 0 Å². The lowest BCUT2D eigenvalue weighted by molar-refractivity contribution is 0.225. The van der Waals surface area contributed by atoms with Gasteiger partial charge in [0.1, 0.15) is 17.1 Å². The maximum absolute atomic E-state index is 9.83. The average Bonchev–Trinajstić information content (AvgIpc) is 2.73. The van der Waals surface area contributed by atoms with E-state index in [1.807, 2.05) is 42.5 Å². The number of aromatic nitrogens is 3. The second-order valence-corrected chi connectivity index (χ2v) is 3.75. The molecule has 1 atom stereocenters. The Bertz CT molecular complexity index is 550. The molecule has 0 fully saturated rings. The zero-order valence-corrected chi connectivity index (χ0v) is 8.61. The molecule has 1 heterocycles. The van der Waals surface area contributed by atoms with Crippen LogP contribution in [-0.4, -0.2) is 26.2 Å². The summed E-state index contributed by atoms with van der Waals surface area (Å²) in [6.07, 6.45) is 5.77. The van der Waals surface area contributed by atoms with Gasteiger partial charge in [-0.25, -0.2) is 0 Å². The lowest BCUT2D eigenvalue weighted by Gasteiger charge is -2.14. The van der Waals surface area contributed by atoms with Crippen LogP contribution in [0.3, 0.4) is 0 Å². The van der Waals surface area contributed by atoms with Gasteiger partial charge in [0.05, 0.1) is 5.70 Å². The van der Waals surface area contributed by atoms with Gasteiger partial charge in [0, 0.05) is 0 Å². The van der Waals surface area contributed by atoms with Gasteiger partial charge in [-0.2, -0.15) is 4.80 Å². The van der Waals surface area contributed by atoms with Crippen LogP contribution in [0.4, 0.5) is 0 Å². The second-order valence-electron chi connectivity index (χ2n) is 3.75. The van der Waals surface area contributed by atoms with Gasteiger partial charge in [-0.3, -0.25) is 0 Å². The summed E-state index contributed by atoms with van der Waals surface area (Å²) in [6, 6.07) is 7.66. The molecular formula is C12H11N3O. The molecule has 4 nitrogen and oxygen atoms in total. The van der Waals surface area contributed by atoms with Crippen molar-refractivity contribution in [2.75, 3.05) is 0 Å². The molecule has 0 saturated carbocycles. The van der Waals surface area contributed by atoms with Gasteiger partial charge >= 0.3 is 0 Å². The molecule has 0 bridgehead atoms. The zero-order chi connectivity index (χ0) is 11.0. The highest BCUT2D eigenvalue weighted by Crippen LogP contribution is 2.18. The van der Waals surface area contributed by atoms with Crippen LogP contribution in [0.2, 0.25) is 0 Å². The van der Waals surface area contributed by atoms with Gasteiger partial charge < -0.3 is 5.11 Å². The number of benzene rings is 1.